The quantitative estimate of drug-likeness (QED) is 0.626. The molecule has 2 aliphatic rings. The molecule has 0 bridgehead atoms. The van der Waals surface area contributed by atoms with Gasteiger partial charge in [0.1, 0.15) is 5.54 Å². The predicted octanol–water partition coefficient (Wildman–Crippen LogP) is 0.853. The molecule has 0 heterocycles. The molecule has 2 fully saturated rings. The van der Waals surface area contributed by atoms with Crippen molar-refractivity contribution < 1.29 is 9.53 Å². The molecule has 0 unspecified atom stereocenters. The average molecular weight is 192 g/mol. The van der Waals surface area contributed by atoms with Gasteiger partial charge in [-0.15, -0.1) is 12.4 Å². The summed E-state index contributed by atoms with van der Waals surface area (Å²) in [7, 11) is 1.40. The van der Waals surface area contributed by atoms with Gasteiger partial charge < -0.3 is 10.5 Å². The minimum absolute atomic E-state index is 0. The van der Waals surface area contributed by atoms with E-state index in [1.807, 2.05) is 0 Å². The van der Waals surface area contributed by atoms with Crippen LogP contribution < -0.4 is 5.73 Å². The molecule has 3 nitrogen and oxygen atoms in total. The van der Waals surface area contributed by atoms with Crippen molar-refractivity contribution in [2.45, 2.75) is 31.2 Å². The first-order valence-electron chi connectivity index (χ1n) is 3.98. The number of nitrogens with two attached hydrogens (primary N) is 1. The topological polar surface area (TPSA) is 52.3 Å². The summed E-state index contributed by atoms with van der Waals surface area (Å²) in [5.74, 6) is -0.241. The maximum atomic E-state index is 11.1. The Morgan fingerprint density at radius 2 is 1.92 bits per heavy atom. The van der Waals surface area contributed by atoms with E-state index in [1.165, 1.54) is 20.0 Å². The monoisotopic (exact) mass is 191 g/mol. The van der Waals surface area contributed by atoms with Crippen LogP contribution in [0.4, 0.5) is 0 Å². The van der Waals surface area contributed by atoms with E-state index in [9.17, 15) is 4.79 Å². The summed E-state index contributed by atoms with van der Waals surface area (Å²) in [4.78, 5) is 11.1. The Balaban J connectivity index is 0.000000720. The largest absolute Gasteiger partial charge is 0.468 e. The molecule has 2 saturated carbocycles. The number of rotatable bonds is 1. The number of hydrogen-bond donors (Lipinski definition) is 1. The lowest BCUT2D eigenvalue weighted by atomic mass is 9.66. The third-order valence-electron chi connectivity index (χ3n) is 2.93. The SMILES string of the molecule is COC(=O)C1(N)CC2(CC2)C1.Cl. The summed E-state index contributed by atoms with van der Waals surface area (Å²) in [6.45, 7) is 0. The lowest BCUT2D eigenvalue weighted by Crippen LogP contribution is -2.59. The molecule has 0 amide bonds. The molecule has 2 aliphatic carbocycles. The van der Waals surface area contributed by atoms with Crippen LogP contribution in [0.15, 0.2) is 0 Å². The second-order valence-corrected chi connectivity index (χ2v) is 4.00. The maximum absolute atomic E-state index is 11.1. The van der Waals surface area contributed by atoms with Crippen molar-refractivity contribution in [3.05, 3.63) is 0 Å². The second-order valence-electron chi connectivity index (χ2n) is 4.00. The first kappa shape index (κ1) is 9.81. The lowest BCUT2D eigenvalue weighted by molar-refractivity contribution is -0.153. The predicted molar refractivity (Wildman–Crippen MR) is 47.1 cm³/mol. The highest BCUT2D eigenvalue weighted by molar-refractivity contribution is 5.85. The Labute approximate surface area is 78.1 Å². The summed E-state index contributed by atoms with van der Waals surface area (Å²) in [5, 5.41) is 0. The van der Waals surface area contributed by atoms with Crippen molar-refractivity contribution >= 4 is 18.4 Å². The van der Waals surface area contributed by atoms with Crippen molar-refractivity contribution in [2.75, 3.05) is 7.11 Å². The van der Waals surface area contributed by atoms with E-state index >= 15 is 0 Å². The van der Waals surface area contributed by atoms with E-state index in [4.69, 9.17) is 5.73 Å². The minimum atomic E-state index is -0.634. The third-order valence-corrected chi connectivity index (χ3v) is 2.93. The lowest BCUT2D eigenvalue weighted by Gasteiger charge is -2.42. The van der Waals surface area contributed by atoms with Gasteiger partial charge in [-0.2, -0.15) is 0 Å². The van der Waals surface area contributed by atoms with Gasteiger partial charge in [-0.25, -0.2) is 0 Å². The first-order chi connectivity index (χ1) is 5.10. The number of esters is 1. The van der Waals surface area contributed by atoms with Gasteiger partial charge >= 0.3 is 5.97 Å². The maximum Gasteiger partial charge on any atom is 0.325 e. The normalized spacial score (nSPS) is 26.8. The van der Waals surface area contributed by atoms with Gasteiger partial charge in [0.15, 0.2) is 0 Å². The Bertz CT molecular complexity index is 205. The average Bonchev–Trinajstić information content (AvgIpc) is 2.65. The molecule has 0 aromatic heterocycles. The van der Waals surface area contributed by atoms with Crippen molar-refractivity contribution in [1.82, 2.24) is 0 Å². The van der Waals surface area contributed by atoms with Gasteiger partial charge in [0.2, 0.25) is 0 Å². The van der Waals surface area contributed by atoms with E-state index in [0.29, 0.717) is 5.41 Å². The molecular weight excluding hydrogens is 178 g/mol. The zero-order valence-corrected chi connectivity index (χ0v) is 7.95. The van der Waals surface area contributed by atoms with E-state index in [0.717, 1.165) is 12.8 Å². The van der Waals surface area contributed by atoms with Crippen LogP contribution in [0.5, 0.6) is 0 Å². The number of carbonyl (C=O) groups excluding carboxylic acids is 1. The van der Waals surface area contributed by atoms with E-state index in [-0.39, 0.29) is 18.4 Å². The molecule has 0 atom stereocenters. The van der Waals surface area contributed by atoms with Crippen molar-refractivity contribution in [3.63, 3.8) is 0 Å². The van der Waals surface area contributed by atoms with Gasteiger partial charge in [0.05, 0.1) is 7.11 Å². The molecule has 70 valence electrons. The number of methoxy groups -OCH3 is 1. The highest BCUT2D eigenvalue weighted by Crippen LogP contribution is 2.64. The van der Waals surface area contributed by atoms with Crippen molar-refractivity contribution in [1.29, 1.82) is 0 Å². The molecule has 1 spiro atoms. The minimum Gasteiger partial charge on any atom is -0.468 e. The number of carbonyl (C=O) groups is 1. The van der Waals surface area contributed by atoms with Crippen LogP contribution in [-0.2, 0) is 9.53 Å². The van der Waals surface area contributed by atoms with Crippen LogP contribution in [0, 0.1) is 5.41 Å². The molecule has 12 heavy (non-hydrogen) atoms. The van der Waals surface area contributed by atoms with Crippen LogP contribution in [-0.4, -0.2) is 18.6 Å². The smallest absolute Gasteiger partial charge is 0.325 e. The molecule has 2 N–H and O–H groups in total. The van der Waals surface area contributed by atoms with E-state index in [1.54, 1.807) is 0 Å². The fourth-order valence-electron chi connectivity index (χ4n) is 2.16. The Morgan fingerprint density at radius 1 is 1.42 bits per heavy atom. The zero-order chi connectivity index (χ0) is 8.11. The van der Waals surface area contributed by atoms with Crippen LogP contribution in [0.3, 0.4) is 0 Å². The van der Waals surface area contributed by atoms with Gasteiger partial charge in [-0.1, -0.05) is 0 Å². The standard InChI is InChI=1S/C8H13NO2.ClH/c1-11-6(10)8(9)4-7(5-8)2-3-7;/h2-5,9H2,1H3;1H. The van der Waals surface area contributed by atoms with Crippen LogP contribution in [0.1, 0.15) is 25.7 Å². The highest BCUT2D eigenvalue weighted by Gasteiger charge is 2.63. The van der Waals surface area contributed by atoms with Crippen LogP contribution in [0.25, 0.3) is 0 Å². The summed E-state index contributed by atoms with van der Waals surface area (Å²) in [6, 6.07) is 0. The van der Waals surface area contributed by atoms with Gasteiger partial charge in [0, 0.05) is 0 Å². The van der Waals surface area contributed by atoms with Crippen LogP contribution in [0.2, 0.25) is 0 Å². The fraction of sp³-hybridized carbons (Fsp3) is 0.875. The third kappa shape index (κ3) is 1.21. The fourth-order valence-corrected chi connectivity index (χ4v) is 2.16. The van der Waals surface area contributed by atoms with E-state index < -0.39 is 5.54 Å². The first-order valence-corrected chi connectivity index (χ1v) is 3.98. The second kappa shape index (κ2) is 2.60. The van der Waals surface area contributed by atoms with Gasteiger partial charge in [-0.05, 0) is 31.1 Å². The Morgan fingerprint density at radius 3 is 2.25 bits per heavy atom. The highest BCUT2D eigenvalue weighted by atomic mass is 35.5. The molecule has 0 aliphatic heterocycles. The number of halogens is 1. The molecule has 0 aromatic rings. The Hall–Kier alpha value is -0.280. The molecular formula is C8H14ClNO2. The summed E-state index contributed by atoms with van der Waals surface area (Å²) < 4.78 is 4.61. The van der Waals surface area contributed by atoms with Gasteiger partial charge in [-0.3, -0.25) is 4.79 Å². The number of ether oxygens (including phenoxy) is 1. The molecule has 0 aromatic carbocycles. The molecule has 4 heteroatoms. The number of hydrogen-bond acceptors (Lipinski definition) is 3. The summed E-state index contributed by atoms with van der Waals surface area (Å²) in [5.41, 5.74) is 5.63. The molecule has 2 rings (SSSR count). The summed E-state index contributed by atoms with van der Waals surface area (Å²) >= 11 is 0. The Kier molecular flexibility index (Phi) is 2.13. The van der Waals surface area contributed by atoms with Crippen LogP contribution >= 0.6 is 12.4 Å². The van der Waals surface area contributed by atoms with E-state index in [2.05, 4.69) is 4.74 Å². The van der Waals surface area contributed by atoms with Crippen molar-refractivity contribution in [2.24, 2.45) is 11.1 Å². The molecule has 0 radical (unpaired) electrons. The molecule has 0 saturated heterocycles. The van der Waals surface area contributed by atoms with Gasteiger partial charge in [0.25, 0.3) is 0 Å². The zero-order valence-electron chi connectivity index (χ0n) is 7.13. The van der Waals surface area contributed by atoms with Crippen molar-refractivity contribution in [3.8, 4) is 0 Å². The summed E-state index contributed by atoms with van der Waals surface area (Å²) in [6.07, 6.45) is 4.19.